The Morgan fingerprint density at radius 3 is 2.72 bits per heavy atom. The first-order valence-electron chi connectivity index (χ1n) is 5.68. The van der Waals surface area contributed by atoms with Gasteiger partial charge in [-0.2, -0.15) is 0 Å². The number of thiophene rings is 1. The number of primary amides is 1. The van der Waals surface area contributed by atoms with Crippen molar-refractivity contribution in [1.82, 2.24) is 0 Å². The van der Waals surface area contributed by atoms with E-state index in [0.29, 0.717) is 10.6 Å². The number of allylic oxidation sites excluding steroid dienone is 2. The molecule has 0 saturated heterocycles. The van der Waals surface area contributed by atoms with Crippen molar-refractivity contribution in [3.63, 3.8) is 0 Å². The van der Waals surface area contributed by atoms with E-state index in [1.807, 2.05) is 13.0 Å². The third kappa shape index (κ3) is 1.80. The van der Waals surface area contributed by atoms with Crippen LogP contribution >= 0.6 is 11.3 Å². The highest BCUT2D eigenvalue weighted by molar-refractivity contribution is 7.18. The molecule has 0 aromatic carbocycles. The molecule has 94 valence electrons. The first-order chi connectivity index (χ1) is 8.63. The van der Waals surface area contributed by atoms with Crippen molar-refractivity contribution in [3.05, 3.63) is 22.1 Å². The number of amides is 1. The van der Waals surface area contributed by atoms with Crippen molar-refractivity contribution in [2.45, 2.75) is 19.8 Å². The Balaban J connectivity index is 2.70. The second kappa shape index (κ2) is 4.86. The summed E-state index contributed by atoms with van der Waals surface area (Å²) in [5.41, 5.74) is 9.12. The number of nitrogens with two attached hydrogens (primary N) is 1. The highest BCUT2D eigenvalue weighted by Gasteiger charge is 2.28. The first-order valence-corrected chi connectivity index (χ1v) is 6.50. The largest absolute Gasteiger partial charge is 0.365 e. The summed E-state index contributed by atoms with van der Waals surface area (Å²) in [5.74, 6) is -0.428. The smallest absolute Gasteiger partial charge is 0.252 e. The maximum absolute atomic E-state index is 11.6. The van der Waals surface area contributed by atoms with Gasteiger partial charge in [0.25, 0.3) is 5.91 Å². The molecule has 0 fully saturated rings. The minimum atomic E-state index is -0.428. The van der Waals surface area contributed by atoms with Gasteiger partial charge in [0.2, 0.25) is 0 Å². The summed E-state index contributed by atoms with van der Waals surface area (Å²) in [7, 11) is 1.79. The predicted octanol–water partition coefficient (Wildman–Crippen LogP) is 2.60. The summed E-state index contributed by atoms with van der Waals surface area (Å²) in [6.07, 6.45) is 3.63. The number of nitrogens with zero attached hydrogens (tertiary/aromatic N) is 2. The molecular formula is C13H15N3OS. The van der Waals surface area contributed by atoms with Gasteiger partial charge in [0.15, 0.2) is 0 Å². The minimum absolute atomic E-state index is 0.428. The van der Waals surface area contributed by atoms with Crippen molar-refractivity contribution in [2.24, 2.45) is 15.7 Å². The van der Waals surface area contributed by atoms with Gasteiger partial charge in [0.05, 0.1) is 5.56 Å². The zero-order valence-corrected chi connectivity index (χ0v) is 11.3. The normalized spacial score (nSPS) is 19.0. The fourth-order valence-corrected chi connectivity index (χ4v) is 3.57. The van der Waals surface area contributed by atoms with E-state index in [2.05, 4.69) is 16.7 Å². The number of fused-ring (bicyclic) bond motifs is 1. The van der Waals surface area contributed by atoms with Gasteiger partial charge in [-0.1, -0.05) is 6.08 Å². The van der Waals surface area contributed by atoms with E-state index >= 15 is 0 Å². The van der Waals surface area contributed by atoms with Crippen molar-refractivity contribution in [2.75, 3.05) is 7.05 Å². The zero-order chi connectivity index (χ0) is 13.3. The number of carbonyl (C=O) groups excluding carboxylic acids is 1. The Morgan fingerprint density at radius 2 is 2.22 bits per heavy atom. The van der Waals surface area contributed by atoms with Crippen LogP contribution in [-0.2, 0) is 6.42 Å². The fourth-order valence-electron chi connectivity index (χ4n) is 2.31. The lowest BCUT2D eigenvalue weighted by atomic mass is 9.89. The monoisotopic (exact) mass is 261 g/mol. The molecule has 18 heavy (non-hydrogen) atoms. The van der Waals surface area contributed by atoms with Crippen LogP contribution in [0, 0.1) is 0 Å². The second-order valence-electron chi connectivity index (χ2n) is 3.98. The van der Waals surface area contributed by atoms with Gasteiger partial charge in [-0.05, 0) is 32.0 Å². The average Bonchev–Trinajstić information content (AvgIpc) is 2.75. The molecule has 0 unspecified atom stereocenters. The molecule has 0 saturated carbocycles. The number of rotatable bonds is 2. The Morgan fingerprint density at radius 1 is 1.50 bits per heavy atom. The van der Waals surface area contributed by atoms with Gasteiger partial charge < -0.3 is 5.73 Å². The second-order valence-corrected chi connectivity index (χ2v) is 4.98. The number of aliphatic imine (C=N–C) groups is 2. The van der Waals surface area contributed by atoms with Crippen LogP contribution in [0.4, 0.5) is 5.00 Å². The summed E-state index contributed by atoms with van der Waals surface area (Å²) < 4.78 is 0. The highest BCUT2D eigenvalue weighted by Crippen LogP contribution is 2.43. The molecular weight excluding hydrogens is 246 g/mol. The van der Waals surface area contributed by atoms with Crippen molar-refractivity contribution in [1.29, 1.82) is 0 Å². The molecule has 1 amide bonds. The number of hydrogen-bond acceptors (Lipinski definition) is 4. The molecule has 2 rings (SSSR count). The van der Waals surface area contributed by atoms with E-state index in [0.717, 1.165) is 34.6 Å². The number of carbonyl (C=O) groups is 1. The van der Waals surface area contributed by atoms with Gasteiger partial charge in [-0.3, -0.25) is 14.8 Å². The molecule has 0 radical (unpaired) electrons. The summed E-state index contributed by atoms with van der Waals surface area (Å²) in [6, 6.07) is 0. The molecule has 1 heterocycles. The first kappa shape index (κ1) is 12.7. The Hall–Kier alpha value is -1.75. The molecule has 1 aromatic heterocycles. The topological polar surface area (TPSA) is 67.8 Å². The molecule has 1 aliphatic carbocycles. The molecule has 0 spiro atoms. The van der Waals surface area contributed by atoms with Gasteiger partial charge in [0, 0.05) is 23.2 Å². The maximum atomic E-state index is 11.6. The predicted molar refractivity (Wildman–Crippen MR) is 77.4 cm³/mol. The van der Waals surface area contributed by atoms with Gasteiger partial charge in [0.1, 0.15) is 5.00 Å². The quantitative estimate of drug-likeness (QED) is 0.817. The SMILES string of the molecule is C=Nc1sc2c(c1C(N)=O)CCC(=NC)/C2=C\C. The van der Waals surface area contributed by atoms with Crippen LogP contribution in [0.25, 0.3) is 5.57 Å². The van der Waals surface area contributed by atoms with Crippen molar-refractivity contribution < 1.29 is 4.79 Å². The maximum Gasteiger partial charge on any atom is 0.252 e. The van der Waals surface area contributed by atoms with E-state index < -0.39 is 5.91 Å². The van der Waals surface area contributed by atoms with Gasteiger partial charge >= 0.3 is 0 Å². The molecule has 2 N–H and O–H groups in total. The number of hydrogen-bond donors (Lipinski definition) is 1. The van der Waals surface area contributed by atoms with E-state index in [9.17, 15) is 4.79 Å². The Labute approximate surface area is 110 Å². The molecule has 0 aliphatic heterocycles. The zero-order valence-electron chi connectivity index (χ0n) is 10.5. The van der Waals surface area contributed by atoms with Gasteiger partial charge in [-0.25, -0.2) is 0 Å². The molecule has 5 heteroatoms. The Kier molecular flexibility index (Phi) is 3.43. The van der Waals surface area contributed by atoms with Crippen molar-refractivity contribution in [3.8, 4) is 0 Å². The lowest BCUT2D eigenvalue weighted by Gasteiger charge is -2.17. The van der Waals surface area contributed by atoms with Crippen LogP contribution in [-0.4, -0.2) is 25.4 Å². The van der Waals surface area contributed by atoms with E-state index in [-0.39, 0.29) is 0 Å². The summed E-state index contributed by atoms with van der Waals surface area (Å²) in [5, 5.41) is 0.615. The minimum Gasteiger partial charge on any atom is -0.365 e. The summed E-state index contributed by atoms with van der Waals surface area (Å²) in [4.78, 5) is 20.8. The molecule has 1 aromatic rings. The molecule has 4 nitrogen and oxygen atoms in total. The van der Waals surface area contributed by atoms with Crippen LogP contribution < -0.4 is 5.73 Å². The highest BCUT2D eigenvalue weighted by atomic mass is 32.1. The molecule has 0 atom stereocenters. The van der Waals surface area contributed by atoms with Crippen LogP contribution in [0.5, 0.6) is 0 Å². The lowest BCUT2D eigenvalue weighted by molar-refractivity contribution is 0.100. The van der Waals surface area contributed by atoms with E-state index in [1.165, 1.54) is 11.3 Å². The third-order valence-corrected chi connectivity index (χ3v) is 4.30. The third-order valence-electron chi connectivity index (χ3n) is 3.10. The van der Waals surface area contributed by atoms with Crippen LogP contribution in [0.3, 0.4) is 0 Å². The van der Waals surface area contributed by atoms with Gasteiger partial charge in [-0.15, -0.1) is 11.3 Å². The van der Waals surface area contributed by atoms with Crippen molar-refractivity contribution >= 4 is 40.2 Å². The lowest BCUT2D eigenvalue weighted by Crippen LogP contribution is -2.17. The summed E-state index contributed by atoms with van der Waals surface area (Å²) in [6.45, 7) is 5.48. The standard InChI is InChI=1S/C13H15N3OS/c1-4-7-9(15-2)6-5-8-10(12(14)17)13(16-3)18-11(7)8/h4H,3,5-6H2,1-2H3,(H2,14,17)/b7-4+,15-9?. The van der Waals surface area contributed by atoms with E-state index in [1.54, 1.807) is 7.05 Å². The molecule has 1 aliphatic rings. The molecule has 0 bridgehead atoms. The average molecular weight is 261 g/mol. The van der Waals surface area contributed by atoms with E-state index in [4.69, 9.17) is 5.73 Å². The van der Waals surface area contributed by atoms with Crippen LogP contribution in [0.2, 0.25) is 0 Å². The Bertz CT molecular complexity index is 581. The fraction of sp³-hybridized carbons (Fsp3) is 0.308. The van der Waals surface area contributed by atoms with Crippen LogP contribution in [0.15, 0.2) is 16.1 Å². The summed E-state index contributed by atoms with van der Waals surface area (Å²) >= 11 is 1.46. The van der Waals surface area contributed by atoms with Crippen LogP contribution in [0.1, 0.15) is 34.1 Å².